The molecule has 20 heavy (non-hydrogen) atoms. The Bertz CT molecular complexity index is 544. The molecule has 0 heterocycles. The fourth-order valence-electron chi connectivity index (χ4n) is 2.11. The molecule has 0 aliphatic heterocycles. The van der Waals surface area contributed by atoms with Gasteiger partial charge >= 0.3 is 0 Å². The third kappa shape index (κ3) is 3.63. The van der Waals surface area contributed by atoms with E-state index < -0.39 is 5.54 Å². The molecule has 0 amide bonds. The second kappa shape index (κ2) is 6.93. The Kier molecular flexibility index (Phi) is 5.24. The first-order chi connectivity index (χ1) is 9.65. The topological polar surface area (TPSA) is 46.2 Å². The predicted octanol–water partition coefficient (Wildman–Crippen LogP) is 3.07. The molecule has 2 aromatic carbocycles. The maximum atomic E-state index is 9.65. The van der Waals surface area contributed by atoms with Gasteiger partial charge in [-0.15, -0.1) is 0 Å². The number of thioether (sulfide) groups is 1. The van der Waals surface area contributed by atoms with Crippen LogP contribution < -0.4 is 5.73 Å². The molecule has 0 aromatic heterocycles. The molecule has 0 fully saturated rings. The lowest BCUT2D eigenvalue weighted by molar-refractivity contribution is 0.213. The van der Waals surface area contributed by atoms with Crippen LogP contribution in [0.5, 0.6) is 0 Å². The normalized spacial score (nSPS) is 13.9. The summed E-state index contributed by atoms with van der Waals surface area (Å²) in [6.07, 6.45) is 0. The van der Waals surface area contributed by atoms with Crippen LogP contribution >= 0.6 is 11.8 Å². The van der Waals surface area contributed by atoms with Gasteiger partial charge in [-0.1, -0.05) is 54.6 Å². The van der Waals surface area contributed by atoms with E-state index in [1.54, 1.807) is 11.8 Å². The fourth-order valence-corrected chi connectivity index (χ4v) is 3.37. The van der Waals surface area contributed by atoms with Crippen molar-refractivity contribution < 1.29 is 5.11 Å². The lowest BCUT2D eigenvalue weighted by Gasteiger charge is -2.27. The van der Waals surface area contributed by atoms with E-state index in [1.165, 1.54) is 11.1 Å². The second-order valence-corrected chi connectivity index (χ2v) is 6.09. The van der Waals surface area contributed by atoms with Crippen molar-refractivity contribution in [2.75, 3.05) is 12.4 Å². The van der Waals surface area contributed by atoms with Crippen molar-refractivity contribution in [2.24, 2.45) is 5.73 Å². The summed E-state index contributed by atoms with van der Waals surface area (Å²) in [5.74, 6) is 1.61. The highest BCUT2D eigenvalue weighted by molar-refractivity contribution is 7.98. The van der Waals surface area contributed by atoms with Crippen molar-refractivity contribution in [1.29, 1.82) is 0 Å². The molecule has 2 nitrogen and oxygen atoms in total. The Morgan fingerprint density at radius 1 is 1.05 bits per heavy atom. The summed E-state index contributed by atoms with van der Waals surface area (Å²) in [7, 11) is 0. The smallest absolute Gasteiger partial charge is 0.0735 e. The molecular weight excluding hydrogens is 266 g/mol. The number of aliphatic hydroxyl groups excluding tert-OH is 1. The summed E-state index contributed by atoms with van der Waals surface area (Å²) in [4.78, 5) is 0. The van der Waals surface area contributed by atoms with Gasteiger partial charge in [-0.3, -0.25) is 0 Å². The van der Waals surface area contributed by atoms with Crippen molar-refractivity contribution in [2.45, 2.75) is 18.2 Å². The van der Waals surface area contributed by atoms with Crippen molar-refractivity contribution in [3.63, 3.8) is 0 Å². The maximum Gasteiger partial charge on any atom is 0.0735 e. The first kappa shape index (κ1) is 15.1. The summed E-state index contributed by atoms with van der Waals surface area (Å²) in [5.41, 5.74) is 9.29. The minimum absolute atomic E-state index is 0.0439. The summed E-state index contributed by atoms with van der Waals surface area (Å²) < 4.78 is 0. The fraction of sp³-hybridized carbons (Fsp3) is 0.294. The standard InChI is InChI=1S/C17H21NOS/c1-14-7-5-6-8-15(14)11-20-13-17(18,12-19)16-9-3-2-4-10-16/h2-10,19H,11-13,18H2,1H3. The SMILES string of the molecule is Cc1ccccc1CSCC(N)(CO)c1ccccc1. The Hall–Kier alpha value is -1.29. The van der Waals surface area contributed by atoms with Gasteiger partial charge in [0.05, 0.1) is 12.1 Å². The average molecular weight is 287 g/mol. The van der Waals surface area contributed by atoms with E-state index in [9.17, 15) is 5.11 Å². The third-order valence-corrected chi connectivity index (χ3v) is 4.74. The molecule has 1 atom stereocenters. The van der Waals surface area contributed by atoms with Gasteiger partial charge in [0, 0.05) is 11.5 Å². The van der Waals surface area contributed by atoms with Crippen molar-refractivity contribution in [3.8, 4) is 0 Å². The van der Waals surface area contributed by atoms with Crippen molar-refractivity contribution in [1.82, 2.24) is 0 Å². The Morgan fingerprint density at radius 3 is 2.35 bits per heavy atom. The molecular formula is C17H21NOS. The van der Waals surface area contributed by atoms with Gasteiger partial charge in [0.1, 0.15) is 0 Å². The largest absolute Gasteiger partial charge is 0.394 e. The van der Waals surface area contributed by atoms with Gasteiger partial charge < -0.3 is 10.8 Å². The number of aryl methyl sites for hydroxylation is 1. The maximum absolute atomic E-state index is 9.65. The molecule has 0 aliphatic rings. The summed E-state index contributed by atoms with van der Waals surface area (Å²) in [6.45, 7) is 2.08. The van der Waals surface area contributed by atoms with E-state index in [2.05, 4.69) is 31.2 Å². The van der Waals surface area contributed by atoms with Crippen LogP contribution in [-0.4, -0.2) is 17.5 Å². The first-order valence-corrected chi connectivity index (χ1v) is 7.89. The average Bonchev–Trinajstić information content (AvgIpc) is 2.50. The molecule has 0 radical (unpaired) electrons. The third-order valence-electron chi connectivity index (χ3n) is 3.51. The lowest BCUT2D eigenvalue weighted by atomic mass is 9.94. The highest BCUT2D eigenvalue weighted by atomic mass is 32.2. The van der Waals surface area contributed by atoms with Crippen LogP contribution in [0.15, 0.2) is 54.6 Å². The highest BCUT2D eigenvalue weighted by Crippen LogP contribution is 2.25. The molecule has 0 spiro atoms. The molecule has 0 bridgehead atoms. The molecule has 2 aromatic rings. The Labute approximate surface area is 125 Å². The number of nitrogens with two attached hydrogens (primary N) is 1. The van der Waals surface area contributed by atoms with E-state index in [-0.39, 0.29) is 6.61 Å². The van der Waals surface area contributed by atoms with Gasteiger partial charge in [0.2, 0.25) is 0 Å². The van der Waals surface area contributed by atoms with E-state index in [1.807, 2.05) is 30.3 Å². The van der Waals surface area contributed by atoms with Crippen LogP contribution in [0.25, 0.3) is 0 Å². The molecule has 2 rings (SSSR count). The summed E-state index contributed by atoms with van der Waals surface area (Å²) in [5, 5.41) is 9.65. The van der Waals surface area contributed by atoms with Crippen LogP contribution in [0.1, 0.15) is 16.7 Å². The van der Waals surface area contributed by atoms with Crippen molar-refractivity contribution in [3.05, 3.63) is 71.3 Å². The predicted molar refractivity (Wildman–Crippen MR) is 86.7 cm³/mol. The molecule has 3 N–H and O–H groups in total. The van der Waals surface area contributed by atoms with Gasteiger partial charge in [-0.25, -0.2) is 0 Å². The quantitative estimate of drug-likeness (QED) is 0.858. The van der Waals surface area contributed by atoms with E-state index in [4.69, 9.17) is 5.73 Å². The molecule has 0 saturated carbocycles. The van der Waals surface area contributed by atoms with Gasteiger partial charge in [-0.2, -0.15) is 11.8 Å². The Morgan fingerprint density at radius 2 is 1.70 bits per heavy atom. The minimum Gasteiger partial charge on any atom is -0.394 e. The van der Waals surface area contributed by atoms with E-state index in [0.29, 0.717) is 5.75 Å². The lowest BCUT2D eigenvalue weighted by Crippen LogP contribution is -2.43. The van der Waals surface area contributed by atoms with E-state index >= 15 is 0 Å². The zero-order valence-electron chi connectivity index (χ0n) is 11.8. The van der Waals surface area contributed by atoms with Crippen LogP contribution in [0, 0.1) is 6.92 Å². The van der Waals surface area contributed by atoms with Crippen LogP contribution in [0.2, 0.25) is 0 Å². The molecule has 3 heteroatoms. The number of hydrogen-bond acceptors (Lipinski definition) is 3. The number of benzene rings is 2. The van der Waals surface area contributed by atoms with Gasteiger partial charge in [0.15, 0.2) is 0 Å². The van der Waals surface area contributed by atoms with Crippen LogP contribution in [0.4, 0.5) is 0 Å². The molecule has 0 saturated heterocycles. The highest BCUT2D eigenvalue weighted by Gasteiger charge is 2.26. The van der Waals surface area contributed by atoms with Crippen molar-refractivity contribution >= 4 is 11.8 Å². The molecule has 0 aliphatic carbocycles. The van der Waals surface area contributed by atoms with Crippen LogP contribution in [0.3, 0.4) is 0 Å². The zero-order valence-corrected chi connectivity index (χ0v) is 12.6. The summed E-state index contributed by atoms with van der Waals surface area (Å²) >= 11 is 1.76. The number of aliphatic hydroxyl groups is 1. The minimum atomic E-state index is -0.672. The molecule has 1 unspecified atom stereocenters. The Balaban J connectivity index is 2.00. The van der Waals surface area contributed by atoms with Gasteiger partial charge in [-0.05, 0) is 23.6 Å². The summed E-state index contributed by atoms with van der Waals surface area (Å²) in [6, 6.07) is 18.2. The van der Waals surface area contributed by atoms with Crippen LogP contribution in [-0.2, 0) is 11.3 Å². The van der Waals surface area contributed by atoms with E-state index in [0.717, 1.165) is 11.3 Å². The second-order valence-electron chi connectivity index (χ2n) is 5.10. The monoisotopic (exact) mass is 287 g/mol. The number of rotatable bonds is 6. The molecule has 106 valence electrons. The first-order valence-electron chi connectivity index (χ1n) is 6.73. The van der Waals surface area contributed by atoms with Gasteiger partial charge in [0.25, 0.3) is 0 Å². The number of hydrogen-bond donors (Lipinski definition) is 2. The zero-order chi connectivity index (χ0) is 14.4.